The van der Waals surface area contributed by atoms with E-state index in [1.165, 1.54) is 35.4 Å². The number of rotatable bonds is 18. The highest BCUT2D eigenvalue weighted by Gasteiger charge is 2.55. The van der Waals surface area contributed by atoms with E-state index in [0.29, 0.717) is 12.0 Å². The Kier molecular flexibility index (Phi) is 13.0. The van der Waals surface area contributed by atoms with Crippen LogP contribution >= 0.6 is 23.2 Å². The highest BCUT2D eigenvalue weighted by molar-refractivity contribution is 7.68. The maximum Gasteiger partial charge on any atom is 0.488 e. The summed E-state index contributed by atoms with van der Waals surface area (Å²) in [5.74, 6) is -0.546. The first-order valence-corrected chi connectivity index (χ1v) is 20.9. The van der Waals surface area contributed by atoms with Gasteiger partial charge in [0.2, 0.25) is 0 Å². The SMILES string of the molecule is CCCCCCP(=O)(O)OP(=O)(O)OP(=O)(O)OC[C@H]1O[C@@H](N2C=CC(OCc3ccccc3)NC2=O)[C@H]2CC(c3ccc([N+](=O)[O-])cc3)O[C@H]21. The van der Waals surface area contributed by atoms with Crippen LogP contribution < -0.4 is 5.32 Å². The molecule has 3 heterocycles. The van der Waals surface area contributed by atoms with Gasteiger partial charge in [0.25, 0.3) is 5.69 Å². The quantitative estimate of drug-likeness (QED) is 0.0599. The van der Waals surface area contributed by atoms with E-state index in [-0.39, 0.29) is 25.1 Å². The summed E-state index contributed by atoms with van der Waals surface area (Å²) in [5, 5.41) is 13.9. The molecule has 5 unspecified atom stereocenters. The molecule has 0 bridgehead atoms. The first-order chi connectivity index (χ1) is 24.2. The Labute approximate surface area is 293 Å². The third-order valence-electron chi connectivity index (χ3n) is 8.35. The molecule has 0 radical (unpaired) electrons. The lowest BCUT2D eigenvalue weighted by atomic mass is 9.94. The number of phosphoric acid groups is 2. The molecule has 21 heteroatoms. The number of nitro groups is 1. The minimum absolute atomic E-state index is 0.124. The van der Waals surface area contributed by atoms with Crippen molar-refractivity contribution in [3.63, 3.8) is 0 Å². The zero-order valence-corrected chi connectivity index (χ0v) is 30.1. The van der Waals surface area contributed by atoms with E-state index < -0.39 is 83.6 Å². The van der Waals surface area contributed by atoms with E-state index in [1.54, 1.807) is 6.08 Å². The highest BCUT2D eigenvalue weighted by Crippen LogP contribution is 2.67. The number of amides is 2. The van der Waals surface area contributed by atoms with Crippen LogP contribution in [0.15, 0.2) is 66.9 Å². The Morgan fingerprint density at radius 2 is 1.71 bits per heavy atom. The maximum atomic E-state index is 13.3. The lowest BCUT2D eigenvalue weighted by molar-refractivity contribution is -0.384. The standard InChI is InChI=1S/C30H40N3O15P3/c1-2-3-4-8-17-49(37,38)47-51(41,42)48-50(39,40)44-20-26-28-24(18-25(45-28)22-11-13-23(14-12-22)33(35)36)29(46-26)32-16-15-27(31-30(32)34)43-19-21-9-6-5-7-10-21/h5-7,9-16,24-29H,2-4,8,17-20H2,1H3,(H,31,34)(H,37,38)(H,39,40)(H,41,42)/t24-,25?,26+,27?,28+,29+/m0/s1. The number of benzene rings is 2. The molecule has 5 rings (SSSR count). The van der Waals surface area contributed by atoms with Gasteiger partial charge in [0.1, 0.15) is 12.3 Å². The van der Waals surface area contributed by atoms with Gasteiger partial charge >= 0.3 is 29.3 Å². The number of phosphoric ester groups is 1. The fraction of sp³-hybridized carbons (Fsp3) is 0.500. The molecule has 3 aliphatic heterocycles. The van der Waals surface area contributed by atoms with Gasteiger partial charge < -0.3 is 34.2 Å². The Hall–Kier alpha value is -2.82. The lowest BCUT2D eigenvalue weighted by Crippen LogP contribution is -2.52. The summed E-state index contributed by atoms with van der Waals surface area (Å²) < 4.78 is 69.3. The third kappa shape index (κ3) is 10.9. The number of nitrogens with zero attached hydrogens (tertiary/aromatic N) is 2. The second kappa shape index (κ2) is 16.9. The number of ether oxygens (including phenoxy) is 3. The van der Waals surface area contributed by atoms with Crippen molar-refractivity contribution in [2.45, 2.75) is 76.4 Å². The highest BCUT2D eigenvalue weighted by atomic mass is 31.3. The van der Waals surface area contributed by atoms with E-state index in [0.717, 1.165) is 18.4 Å². The van der Waals surface area contributed by atoms with Crippen LogP contribution in [0.3, 0.4) is 0 Å². The van der Waals surface area contributed by atoms with Crippen molar-refractivity contribution in [3.8, 4) is 0 Å². The zero-order chi connectivity index (χ0) is 36.8. The van der Waals surface area contributed by atoms with Gasteiger partial charge in [0, 0.05) is 24.3 Å². The van der Waals surface area contributed by atoms with Crippen molar-refractivity contribution in [2.24, 2.45) is 5.92 Å². The lowest BCUT2D eigenvalue weighted by Gasteiger charge is -2.33. The van der Waals surface area contributed by atoms with Crippen LogP contribution in [-0.4, -0.2) is 68.0 Å². The number of carbonyl (C=O) groups excluding carboxylic acids is 1. The van der Waals surface area contributed by atoms with Gasteiger partial charge in [0.05, 0.1) is 36.5 Å². The van der Waals surface area contributed by atoms with E-state index in [4.69, 9.17) is 18.7 Å². The van der Waals surface area contributed by atoms with Crippen LogP contribution in [0.2, 0.25) is 0 Å². The van der Waals surface area contributed by atoms with Crippen LogP contribution in [0, 0.1) is 16.0 Å². The first-order valence-electron chi connectivity index (χ1n) is 16.2. The molecule has 2 fully saturated rings. The fourth-order valence-electron chi connectivity index (χ4n) is 5.98. The molecule has 51 heavy (non-hydrogen) atoms. The van der Waals surface area contributed by atoms with Crippen LogP contribution in [0.4, 0.5) is 10.5 Å². The normalized spacial score (nSPS) is 28.0. The molecular formula is C30H40N3O15P3. The molecule has 0 aliphatic carbocycles. The molecule has 2 aromatic rings. The zero-order valence-electron chi connectivity index (χ0n) is 27.4. The van der Waals surface area contributed by atoms with Crippen LogP contribution in [0.1, 0.15) is 56.3 Å². The fourth-order valence-corrected chi connectivity index (χ4v) is 10.2. The average molecular weight is 776 g/mol. The second-order valence-corrected chi connectivity index (χ2v) is 17.3. The number of nitrogens with one attached hydrogen (secondary N) is 1. The first kappa shape index (κ1) is 39.4. The van der Waals surface area contributed by atoms with Gasteiger partial charge in [-0.2, -0.15) is 4.31 Å². The summed E-state index contributed by atoms with van der Waals surface area (Å²) in [6.07, 6.45) is 0.913. The largest absolute Gasteiger partial charge is 0.488 e. The number of hydrogen-bond acceptors (Lipinski definition) is 12. The van der Waals surface area contributed by atoms with Crippen molar-refractivity contribution in [3.05, 3.63) is 88.1 Å². The van der Waals surface area contributed by atoms with Gasteiger partial charge in [-0.25, -0.2) is 18.2 Å². The summed E-state index contributed by atoms with van der Waals surface area (Å²) in [6, 6.07) is 14.5. The number of carbonyl (C=O) groups is 1. The Morgan fingerprint density at radius 3 is 2.37 bits per heavy atom. The number of hydrogen-bond donors (Lipinski definition) is 4. The molecule has 2 saturated heterocycles. The van der Waals surface area contributed by atoms with Gasteiger partial charge in [-0.15, -0.1) is 0 Å². The van der Waals surface area contributed by atoms with Crippen LogP contribution in [0.5, 0.6) is 0 Å². The van der Waals surface area contributed by atoms with Gasteiger partial charge in [-0.3, -0.25) is 24.1 Å². The molecule has 0 spiro atoms. The molecule has 9 atom stereocenters. The molecule has 0 saturated carbocycles. The topological polar surface area (TPSA) is 243 Å². The number of nitro benzene ring substituents is 1. The Bertz CT molecular complexity index is 1700. The summed E-state index contributed by atoms with van der Waals surface area (Å²) in [4.78, 5) is 55.4. The predicted molar refractivity (Wildman–Crippen MR) is 179 cm³/mol. The van der Waals surface area contributed by atoms with E-state index >= 15 is 0 Å². The van der Waals surface area contributed by atoms with Crippen molar-refractivity contribution in [1.29, 1.82) is 0 Å². The Morgan fingerprint density at radius 1 is 0.980 bits per heavy atom. The van der Waals surface area contributed by atoms with Crippen molar-refractivity contribution in [1.82, 2.24) is 10.2 Å². The monoisotopic (exact) mass is 775 g/mol. The second-order valence-electron chi connectivity index (χ2n) is 12.1. The van der Waals surface area contributed by atoms with E-state index in [1.807, 2.05) is 37.3 Å². The predicted octanol–water partition coefficient (Wildman–Crippen LogP) is 5.86. The molecule has 2 aromatic carbocycles. The molecule has 4 N–H and O–H groups in total. The molecular weight excluding hydrogens is 735 g/mol. The van der Waals surface area contributed by atoms with Gasteiger partial charge in [-0.05, 0) is 42.2 Å². The van der Waals surface area contributed by atoms with Crippen LogP contribution in [-0.2, 0) is 47.7 Å². The number of fused-ring (bicyclic) bond motifs is 1. The minimum atomic E-state index is -5.56. The maximum absolute atomic E-state index is 13.3. The molecule has 0 aromatic heterocycles. The third-order valence-corrected chi connectivity index (χ3v) is 13.2. The molecule has 280 valence electrons. The summed E-state index contributed by atoms with van der Waals surface area (Å²) in [5.41, 5.74) is 1.37. The smallest absolute Gasteiger partial charge is 0.367 e. The van der Waals surface area contributed by atoms with Crippen molar-refractivity contribution >= 4 is 35.0 Å². The van der Waals surface area contributed by atoms with Crippen molar-refractivity contribution in [2.75, 3.05) is 12.8 Å². The summed E-state index contributed by atoms with van der Waals surface area (Å²) in [6.45, 7) is 1.42. The molecule has 3 aliphatic rings. The summed E-state index contributed by atoms with van der Waals surface area (Å²) >= 11 is 0. The number of non-ortho nitro benzene ring substituents is 1. The van der Waals surface area contributed by atoms with Crippen molar-refractivity contribution < 1.29 is 65.4 Å². The average Bonchev–Trinajstić information content (AvgIpc) is 3.65. The number of urea groups is 1. The Balaban J connectivity index is 1.26. The van der Waals surface area contributed by atoms with Crippen LogP contribution in [0.25, 0.3) is 0 Å². The molecule has 2 amide bonds. The van der Waals surface area contributed by atoms with E-state index in [9.17, 15) is 43.3 Å². The van der Waals surface area contributed by atoms with Gasteiger partial charge in [0.15, 0.2) is 6.23 Å². The van der Waals surface area contributed by atoms with Gasteiger partial charge in [-0.1, -0.05) is 56.5 Å². The summed E-state index contributed by atoms with van der Waals surface area (Å²) in [7, 11) is -15.6. The minimum Gasteiger partial charge on any atom is -0.367 e. The number of unbranched alkanes of at least 4 members (excludes halogenated alkanes) is 3. The van der Waals surface area contributed by atoms with E-state index in [2.05, 4.69) is 13.9 Å². The molecule has 18 nitrogen and oxygen atoms in total.